The predicted molar refractivity (Wildman–Crippen MR) is 127 cm³/mol. The van der Waals surface area contributed by atoms with Gasteiger partial charge in [-0.1, -0.05) is 18.2 Å². The summed E-state index contributed by atoms with van der Waals surface area (Å²) in [7, 11) is 0. The molecule has 1 aromatic carbocycles. The third-order valence-electron chi connectivity index (χ3n) is 7.20. The van der Waals surface area contributed by atoms with Crippen molar-refractivity contribution < 1.29 is 13.6 Å². The van der Waals surface area contributed by atoms with Gasteiger partial charge in [0.1, 0.15) is 17.7 Å². The molecule has 1 amide bonds. The third kappa shape index (κ3) is 3.88. The second-order valence-electron chi connectivity index (χ2n) is 9.83. The van der Waals surface area contributed by atoms with Gasteiger partial charge >= 0.3 is 0 Å². The number of amides is 1. The predicted octanol–water partition coefficient (Wildman–Crippen LogP) is 3.84. The maximum atomic E-state index is 12.9. The van der Waals surface area contributed by atoms with Crippen LogP contribution in [0.5, 0.6) is 0 Å². The number of nitrogens with one attached hydrogen (secondary N) is 2. The number of nitrogens with zero attached hydrogens (tertiary/aromatic N) is 6. The fraction of sp³-hybridized carbons (Fsp3) is 0.458. The summed E-state index contributed by atoms with van der Waals surface area (Å²) < 4.78 is 27.0. The van der Waals surface area contributed by atoms with Crippen LogP contribution in [0.4, 0.5) is 14.7 Å². The highest BCUT2D eigenvalue weighted by atomic mass is 19.3. The molecule has 0 bridgehead atoms. The van der Waals surface area contributed by atoms with Crippen molar-refractivity contribution in [3.63, 3.8) is 0 Å². The summed E-state index contributed by atoms with van der Waals surface area (Å²) in [4.78, 5) is 27.1. The van der Waals surface area contributed by atoms with Crippen LogP contribution < -0.4 is 5.32 Å². The highest BCUT2D eigenvalue weighted by Crippen LogP contribution is 2.44. The Bertz CT molecular complexity index is 1400. The van der Waals surface area contributed by atoms with Crippen LogP contribution in [0.3, 0.4) is 0 Å². The molecule has 0 atom stereocenters. The van der Waals surface area contributed by atoms with Crippen LogP contribution in [0.2, 0.25) is 0 Å². The molecule has 2 N–H and O–H groups in total. The molecule has 9 nitrogen and oxygen atoms in total. The van der Waals surface area contributed by atoms with E-state index in [-0.39, 0.29) is 17.4 Å². The van der Waals surface area contributed by atoms with Gasteiger partial charge in [-0.25, -0.2) is 18.4 Å². The van der Waals surface area contributed by atoms with Gasteiger partial charge in [-0.15, -0.1) is 5.10 Å². The summed E-state index contributed by atoms with van der Waals surface area (Å²) in [5.74, 6) is 0.779. The summed E-state index contributed by atoms with van der Waals surface area (Å²) in [5, 5.41) is 12.0. The molecule has 0 radical (unpaired) electrons. The number of aromatic nitrogens is 6. The lowest BCUT2D eigenvalue weighted by atomic mass is 9.66. The number of carbonyl (C=O) groups excluding carboxylic acids is 1. The van der Waals surface area contributed by atoms with Gasteiger partial charge < -0.3 is 15.2 Å². The molecular formula is C24H26F2N8O. The third-order valence-corrected chi connectivity index (χ3v) is 7.20. The highest BCUT2D eigenvalue weighted by molar-refractivity contribution is 5.95. The van der Waals surface area contributed by atoms with Gasteiger partial charge in [0.2, 0.25) is 11.9 Å². The maximum Gasteiger partial charge on any atom is 0.258 e. The first-order valence-corrected chi connectivity index (χ1v) is 11.9. The largest absolute Gasteiger partial charge is 0.351 e. The van der Waals surface area contributed by atoms with Gasteiger partial charge in [-0.2, -0.15) is 4.98 Å². The lowest BCUT2D eigenvalue weighted by molar-refractivity contribution is -0.145. The summed E-state index contributed by atoms with van der Waals surface area (Å²) in [5.41, 5.74) is 3.18. The maximum absolute atomic E-state index is 12.9. The lowest BCUT2D eigenvalue weighted by Crippen LogP contribution is -2.53. The summed E-state index contributed by atoms with van der Waals surface area (Å²) in [6.45, 7) is 3.29. The minimum atomic E-state index is -2.51. The monoisotopic (exact) mass is 480 g/mol. The number of hydrogen-bond donors (Lipinski definition) is 2. The van der Waals surface area contributed by atoms with Gasteiger partial charge in [0.25, 0.3) is 6.43 Å². The Kier molecular flexibility index (Phi) is 5.15. The zero-order chi connectivity index (χ0) is 24.2. The second-order valence-corrected chi connectivity index (χ2v) is 9.83. The Hall–Kier alpha value is -3.63. The smallest absolute Gasteiger partial charge is 0.258 e. The number of rotatable bonds is 6. The van der Waals surface area contributed by atoms with Crippen LogP contribution in [0.15, 0.2) is 30.6 Å². The molecule has 2 fully saturated rings. The zero-order valence-corrected chi connectivity index (χ0v) is 19.3. The lowest BCUT2D eigenvalue weighted by Gasteiger charge is -2.45. The molecule has 3 aromatic heterocycles. The summed E-state index contributed by atoms with van der Waals surface area (Å²) in [6.07, 6.45) is 4.80. The van der Waals surface area contributed by atoms with Crippen molar-refractivity contribution in [3.8, 4) is 11.1 Å². The van der Waals surface area contributed by atoms with Crippen LogP contribution in [0.25, 0.3) is 33.2 Å². The van der Waals surface area contributed by atoms with Crippen molar-refractivity contribution in [1.29, 1.82) is 0 Å². The van der Waals surface area contributed by atoms with Crippen LogP contribution in [-0.2, 0) is 11.3 Å². The quantitative estimate of drug-likeness (QED) is 0.435. The average Bonchev–Trinajstić information content (AvgIpc) is 3.57. The van der Waals surface area contributed by atoms with Crippen molar-refractivity contribution in [2.24, 2.45) is 5.41 Å². The Morgan fingerprint density at radius 2 is 2.09 bits per heavy atom. The molecule has 6 rings (SSSR count). The molecule has 1 saturated carbocycles. The van der Waals surface area contributed by atoms with Crippen LogP contribution in [0, 0.1) is 5.41 Å². The molecule has 1 aliphatic heterocycles. The Morgan fingerprint density at radius 3 is 2.86 bits per heavy atom. The number of alkyl halides is 2. The molecule has 1 saturated heterocycles. The van der Waals surface area contributed by atoms with Crippen molar-refractivity contribution in [2.45, 2.75) is 51.6 Å². The SMILES string of the molecule is C[C@]1(C(=O)N2CCCC2)C[C@H](Nc2ncc3c(-c4ccc5nnn(CC(F)F)c5c4)c[nH]c3n2)C1. The van der Waals surface area contributed by atoms with E-state index < -0.39 is 13.0 Å². The van der Waals surface area contributed by atoms with Crippen LogP contribution in [-0.4, -0.2) is 66.3 Å². The molecule has 0 spiro atoms. The van der Waals surface area contributed by atoms with Crippen molar-refractivity contribution in [1.82, 2.24) is 34.8 Å². The number of carbonyl (C=O) groups is 1. The minimum Gasteiger partial charge on any atom is -0.351 e. The van der Waals surface area contributed by atoms with Crippen molar-refractivity contribution >= 4 is 33.9 Å². The second kappa shape index (κ2) is 8.24. The fourth-order valence-electron chi connectivity index (χ4n) is 5.40. The Balaban J connectivity index is 1.19. The standard InChI is InChI=1S/C24H26F2N8O/c1-24(22(35)33-6-2-3-7-33)9-15(10-24)29-23-28-12-17-16(11-27-21(17)30-23)14-4-5-18-19(8-14)34(32-31-18)13-20(25)26/h4-5,8,11-12,15,20H,2-3,6-7,9-10,13H2,1H3,(H2,27,28,29,30)/t15-,24-. The van der Waals surface area contributed by atoms with E-state index in [0.29, 0.717) is 22.6 Å². The Morgan fingerprint density at radius 1 is 1.29 bits per heavy atom. The average molecular weight is 481 g/mol. The van der Waals surface area contributed by atoms with Crippen molar-refractivity contribution in [2.75, 3.05) is 18.4 Å². The molecule has 182 valence electrons. The molecule has 35 heavy (non-hydrogen) atoms. The molecule has 4 aromatic rings. The number of aromatic amines is 1. The van der Waals surface area contributed by atoms with E-state index in [0.717, 1.165) is 55.3 Å². The van der Waals surface area contributed by atoms with E-state index in [4.69, 9.17) is 0 Å². The number of likely N-dealkylation sites (tertiary alicyclic amines) is 1. The zero-order valence-electron chi connectivity index (χ0n) is 19.3. The van der Waals surface area contributed by atoms with Gasteiger partial charge in [0.15, 0.2) is 0 Å². The van der Waals surface area contributed by atoms with E-state index in [1.165, 1.54) is 4.68 Å². The first-order valence-electron chi connectivity index (χ1n) is 11.9. The molecule has 11 heteroatoms. The number of halogens is 2. The van der Waals surface area contributed by atoms with Gasteiger partial charge in [-0.3, -0.25) is 4.79 Å². The number of hydrogen-bond acceptors (Lipinski definition) is 6. The van der Waals surface area contributed by atoms with Crippen molar-refractivity contribution in [3.05, 3.63) is 30.6 Å². The fourth-order valence-corrected chi connectivity index (χ4v) is 5.40. The van der Waals surface area contributed by atoms with Gasteiger partial charge in [0.05, 0.1) is 10.9 Å². The molecule has 1 aliphatic carbocycles. The highest BCUT2D eigenvalue weighted by Gasteiger charge is 2.48. The van der Waals surface area contributed by atoms with E-state index in [9.17, 15) is 13.6 Å². The van der Waals surface area contributed by atoms with E-state index >= 15 is 0 Å². The number of fused-ring (bicyclic) bond motifs is 2. The first kappa shape index (κ1) is 21.9. The molecule has 4 heterocycles. The van der Waals surface area contributed by atoms with E-state index in [1.807, 2.05) is 24.1 Å². The number of benzene rings is 1. The summed E-state index contributed by atoms with van der Waals surface area (Å²) >= 11 is 0. The van der Waals surface area contributed by atoms with Gasteiger partial charge in [-0.05, 0) is 43.4 Å². The van der Waals surface area contributed by atoms with Crippen LogP contribution in [0.1, 0.15) is 32.6 Å². The minimum absolute atomic E-state index is 0.156. The van der Waals surface area contributed by atoms with Gasteiger partial charge in [0, 0.05) is 42.5 Å². The topological polar surface area (TPSA) is 105 Å². The normalized spacial score (nSPS) is 22.3. The molecule has 0 unspecified atom stereocenters. The number of anilines is 1. The van der Waals surface area contributed by atoms with E-state index in [2.05, 4.69) is 30.6 Å². The summed E-state index contributed by atoms with van der Waals surface area (Å²) in [6, 6.07) is 5.61. The van der Waals surface area contributed by atoms with E-state index in [1.54, 1.807) is 18.3 Å². The number of H-pyrrole nitrogens is 1. The first-order chi connectivity index (χ1) is 16.9. The molecular weight excluding hydrogens is 454 g/mol. The van der Waals surface area contributed by atoms with Crippen LogP contribution >= 0.6 is 0 Å². The molecule has 2 aliphatic rings. The Labute approximate surface area is 199 Å².